The number of hydrogen-bond donors (Lipinski definition) is 1. The molecule has 5 heteroatoms. The third kappa shape index (κ3) is 2.66. The molecule has 4 nitrogen and oxygen atoms in total. The van der Waals surface area contributed by atoms with Gasteiger partial charge < -0.3 is 9.84 Å². The van der Waals surface area contributed by atoms with E-state index < -0.39 is 5.97 Å². The second-order valence-corrected chi connectivity index (χ2v) is 4.79. The van der Waals surface area contributed by atoms with E-state index in [0.717, 1.165) is 10.9 Å². The molecule has 0 bridgehead atoms. The second-order valence-electron chi connectivity index (χ2n) is 4.38. The van der Waals surface area contributed by atoms with E-state index in [9.17, 15) is 4.79 Å². The van der Waals surface area contributed by atoms with Crippen LogP contribution < -0.4 is 4.74 Å². The molecule has 21 heavy (non-hydrogen) atoms. The zero-order valence-electron chi connectivity index (χ0n) is 10.8. The summed E-state index contributed by atoms with van der Waals surface area (Å²) >= 11 is 5.93. The molecule has 3 aromatic rings. The molecule has 104 valence electrons. The van der Waals surface area contributed by atoms with Crippen molar-refractivity contribution in [2.24, 2.45) is 0 Å². The summed E-state index contributed by atoms with van der Waals surface area (Å²) in [6, 6.07) is 13.9. The number of nitrogens with zero attached hydrogens (tertiary/aromatic N) is 1. The number of carboxylic acids is 1. The Hall–Kier alpha value is -2.59. The van der Waals surface area contributed by atoms with Crippen LogP contribution in [0.15, 0.2) is 54.7 Å². The molecule has 0 aliphatic heterocycles. The number of aromatic nitrogens is 1. The summed E-state index contributed by atoms with van der Waals surface area (Å²) in [4.78, 5) is 15.2. The molecule has 0 fully saturated rings. The topological polar surface area (TPSA) is 59.4 Å². The van der Waals surface area contributed by atoms with Crippen molar-refractivity contribution in [3.8, 4) is 11.5 Å². The SMILES string of the molecule is O=C(O)c1ccc(Oc2cccc3cccnc23)cc1Cl. The molecule has 0 unspecified atom stereocenters. The first kappa shape index (κ1) is 13.4. The summed E-state index contributed by atoms with van der Waals surface area (Å²) in [6.07, 6.45) is 1.69. The average Bonchev–Trinajstić information content (AvgIpc) is 2.47. The van der Waals surface area contributed by atoms with Gasteiger partial charge in [-0.2, -0.15) is 0 Å². The van der Waals surface area contributed by atoms with Gasteiger partial charge in [0.25, 0.3) is 0 Å². The van der Waals surface area contributed by atoms with Crippen LogP contribution in [0.2, 0.25) is 5.02 Å². The molecule has 1 N–H and O–H groups in total. The number of benzene rings is 2. The molecule has 0 aliphatic carbocycles. The minimum Gasteiger partial charge on any atom is -0.478 e. The highest BCUT2D eigenvalue weighted by atomic mass is 35.5. The van der Waals surface area contributed by atoms with Crippen molar-refractivity contribution in [1.82, 2.24) is 4.98 Å². The summed E-state index contributed by atoms with van der Waals surface area (Å²) in [5.41, 5.74) is 0.776. The van der Waals surface area contributed by atoms with E-state index >= 15 is 0 Å². The lowest BCUT2D eigenvalue weighted by Gasteiger charge is -2.09. The van der Waals surface area contributed by atoms with Gasteiger partial charge in [-0.1, -0.05) is 29.8 Å². The number of para-hydroxylation sites is 1. The van der Waals surface area contributed by atoms with Crippen LogP contribution in [0, 0.1) is 0 Å². The van der Waals surface area contributed by atoms with Crippen LogP contribution in [0.4, 0.5) is 0 Å². The van der Waals surface area contributed by atoms with Crippen LogP contribution in [0.5, 0.6) is 11.5 Å². The first-order valence-corrected chi connectivity index (χ1v) is 6.57. The molecular weight excluding hydrogens is 290 g/mol. The van der Waals surface area contributed by atoms with E-state index in [4.69, 9.17) is 21.4 Å². The predicted octanol–water partition coefficient (Wildman–Crippen LogP) is 4.38. The first-order valence-electron chi connectivity index (χ1n) is 6.19. The van der Waals surface area contributed by atoms with Gasteiger partial charge in [-0.3, -0.25) is 4.98 Å². The van der Waals surface area contributed by atoms with E-state index in [1.54, 1.807) is 18.3 Å². The fourth-order valence-corrected chi connectivity index (χ4v) is 2.27. The quantitative estimate of drug-likeness (QED) is 0.779. The summed E-state index contributed by atoms with van der Waals surface area (Å²) in [7, 11) is 0. The summed E-state index contributed by atoms with van der Waals surface area (Å²) in [5.74, 6) is -0.0197. The number of hydrogen-bond acceptors (Lipinski definition) is 3. The number of fused-ring (bicyclic) bond motifs is 1. The second kappa shape index (κ2) is 5.42. The maximum Gasteiger partial charge on any atom is 0.337 e. The minimum atomic E-state index is -1.07. The van der Waals surface area contributed by atoms with Gasteiger partial charge in [-0.15, -0.1) is 0 Å². The van der Waals surface area contributed by atoms with Crippen LogP contribution in [-0.2, 0) is 0 Å². The summed E-state index contributed by atoms with van der Waals surface area (Å²) in [5, 5.41) is 10.0. The highest BCUT2D eigenvalue weighted by Crippen LogP contribution is 2.30. The van der Waals surface area contributed by atoms with Crippen LogP contribution in [0.1, 0.15) is 10.4 Å². The van der Waals surface area contributed by atoms with Gasteiger partial charge in [0.1, 0.15) is 11.3 Å². The number of ether oxygens (including phenoxy) is 1. The van der Waals surface area contributed by atoms with Gasteiger partial charge in [0.05, 0.1) is 10.6 Å². The van der Waals surface area contributed by atoms with Crippen molar-refractivity contribution in [2.45, 2.75) is 0 Å². The third-order valence-corrected chi connectivity index (χ3v) is 3.31. The molecule has 0 amide bonds. The van der Waals surface area contributed by atoms with Crippen molar-refractivity contribution < 1.29 is 14.6 Å². The maximum absolute atomic E-state index is 10.9. The Morgan fingerprint density at radius 1 is 1.14 bits per heavy atom. The van der Waals surface area contributed by atoms with Crippen molar-refractivity contribution in [3.63, 3.8) is 0 Å². The summed E-state index contributed by atoms with van der Waals surface area (Å²) in [6.45, 7) is 0. The Morgan fingerprint density at radius 2 is 1.95 bits per heavy atom. The van der Waals surface area contributed by atoms with E-state index in [0.29, 0.717) is 11.5 Å². The Morgan fingerprint density at radius 3 is 2.71 bits per heavy atom. The van der Waals surface area contributed by atoms with Crippen molar-refractivity contribution in [1.29, 1.82) is 0 Å². The fourth-order valence-electron chi connectivity index (χ4n) is 2.02. The van der Waals surface area contributed by atoms with E-state index in [1.165, 1.54) is 12.1 Å². The number of carbonyl (C=O) groups is 1. The normalized spacial score (nSPS) is 10.5. The monoisotopic (exact) mass is 299 g/mol. The molecule has 2 aromatic carbocycles. The van der Waals surface area contributed by atoms with Crippen LogP contribution in [-0.4, -0.2) is 16.1 Å². The molecule has 0 atom stereocenters. The van der Waals surface area contributed by atoms with Gasteiger partial charge in [-0.25, -0.2) is 4.79 Å². The number of halogens is 1. The standard InChI is InChI=1S/C16H10ClNO3/c17-13-9-11(6-7-12(13)16(19)20)21-14-5-1-3-10-4-2-8-18-15(10)14/h1-9H,(H,19,20). The van der Waals surface area contributed by atoms with E-state index in [-0.39, 0.29) is 10.6 Å². The lowest BCUT2D eigenvalue weighted by molar-refractivity contribution is 0.0697. The zero-order valence-corrected chi connectivity index (χ0v) is 11.5. The lowest BCUT2D eigenvalue weighted by Crippen LogP contribution is -1.97. The van der Waals surface area contributed by atoms with Crippen LogP contribution in [0.25, 0.3) is 10.9 Å². The van der Waals surface area contributed by atoms with Crippen molar-refractivity contribution in [3.05, 3.63) is 65.3 Å². The van der Waals surface area contributed by atoms with Gasteiger partial charge in [-0.05, 0) is 24.3 Å². The van der Waals surface area contributed by atoms with Gasteiger partial charge in [0.15, 0.2) is 5.75 Å². The largest absolute Gasteiger partial charge is 0.478 e. The molecule has 1 aromatic heterocycles. The Bertz CT molecular complexity index is 827. The van der Waals surface area contributed by atoms with Crippen molar-refractivity contribution in [2.75, 3.05) is 0 Å². The van der Waals surface area contributed by atoms with Crippen LogP contribution >= 0.6 is 11.6 Å². The van der Waals surface area contributed by atoms with Crippen LogP contribution in [0.3, 0.4) is 0 Å². The highest BCUT2D eigenvalue weighted by molar-refractivity contribution is 6.33. The lowest BCUT2D eigenvalue weighted by atomic mass is 10.2. The number of rotatable bonds is 3. The molecule has 0 spiro atoms. The molecule has 0 radical (unpaired) electrons. The highest BCUT2D eigenvalue weighted by Gasteiger charge is 2.10. The molecule has 1 heterocycles. The minimum absolute atomic E-state index is 0.0417. The van der Waals surface area contributed by atoms with Gasteiger partial charge >= 0.3 is 5.97 Å². The third-order valence-electron chi connectivity index (χ3n) is 2.99. The fraction of sp³-hybridized carbons (Fsp3) is 0. The van der Waals surface area contributed by atoms with Crippen molar-refractivity contribution >= 4 is 28.5 Å². The number of carboxylic acid groups (broad SMARTS) is 1. The average molecular weight is 300 g/mol. The zero-order chi connectivity index (χ0) is 14.8. The van der Waals surface area contributed by atoms with E-state index in [2.05, 4.69) is 4.98 Å². The predicted molar refractivity (Wildman–Crippen MR) is 80.2 cm³/mol. The molecular formula is C16H10ClNO3. The number of aromatic carboxylic acids is 1. The summed E-state index contributed by atoms with van der Waals surface area (Å²) < 4.78 is 5.77. The Kier molecular flexibility index (Phi) is 3.46. The Labute approximate surface area is 125 Å². The Balaban J connectivity index is 1.99. The molecule has 0 saturated carbocycles. The van der Waals surface area contributed by atoms with E-state index in [1.807, 2.05) is 24.3 Å². The first-order chi connectivity index (χ1) is 10.1. The molecule has 0 aliphatic rings. The van der Waals surface area contributed by atoms with Gasteiger partial charge in [0, 0.05) is 17.6 Å². The number of pyridine rings is 1. The molecule has 0 saturated heterocycles. The molecule has 3 rings (SSSR count). The maximum atomic E-state index is 10.9. The van der Waals surface area contributed by atoms with Gasteiger partial charge in [0.2, 0.25) is 0 Å². The smallest absolute Gasteiger partial charge is 0.337 e.